The van der Waals surface area contributed by atoms with Crippen LogP contribution in [-0.2, 0) is 28.6 Å². The Balaban J connectivity index is 4.44. The Morgan fingerprint density at radius 1 is 0.292 bits per heavy atom. The van der Waals surface area contributed by atoms with Crippen LogP contribution in [0.4, 0.5) is 0 Å². The fraction of sp³-hybridized carbons (Fsp3) is 0.652. The summed E-state index contributed by atoms with van der Waals surface area (Å²) in [7, 11) is 0. The van der Waals surface area contributed by atoms with Crippen molar-refractivity contribution in [1.82, 2.24) is 0 Å². The second-order valence-electron chi connectivity index (χ2n) is 19.1. The monoisotopic (exact) mass is 997 g/mol. The van der Waals surface area contributed by atoms with E-state index < -0.39 is 6.10 Å². The van der Waals surface area contributed by atoms with Crippen LogP contribution in [0.25, 0.3) is 0 Å². The molecule has 0 saturated carbocycles. The summed E-state index contributed by atoms with van der Waals surface area (Å²) in [5.74, 6) is -0.963. The van der Waals surface area contributed by atoms with E-state index >= 15 is 0 Å². The standard InChI is InChI=1S/C66H108O6/c1-4-7-10-13-16-19-22-25-27-29-30-31-32-33-34-35-36-37-39-41-44-47-50-53-56-59-65(68)71-62-63(61-70-64(67)58-55-52-49-46-43-40-24-21-18-15-12-9-6-3)72-66(69)60-57-54-51-48-45-42-38-28-26-23-20-17-14-11-8-5-2/h7,9-10,12,16,18-19,21,25,27,30-31,33-34,36-37,40-41,43-44,63H,4-6,8,11,13-15,17,20,22-24,26,28-29,32,35,38-39,42,45-62H2,1-3H3/b10-7-,12-9-,19-16-,21-18-,27-25-,31-30-,34-33-,37-36-,43-40-,44-41-. The predicted molar refractivity (Wildman–Crippen MR) is 311 cm³/mol. The summed E-state index contributed by atoms with van der Waals surface area (Å²) in [5.41, 5.74) is 0. The highest BCUT2D eigenvalue weighted by atomic mass is 16.6. The van der Waals surface area contributed by atoms with Crippen molar-refractivity contribution in [3.05, 3.63) is 122 Å². The highest BCUT2D eigenvalue weighted by Gasteiger charge is 2.19. The number of hydrogen-bond donors (Lipinski definition) is 0. The third-order valence-corrected chi connectivity index (χ3v) is 12.2. The molecule has 0 aromatic heterocycles. The minimum atomic E-state index is -0.806. The van der Waals surface area contributed by atoms with E-state index in [1.807, 2.05) is 0 Å². The number of hydrogen-bond acceptors (Lipinski definition) is 6. The molecular formula is C66H108O6. The van der Waals surface area contributed by atoms with Crippen LogP contribution in [0, 0.1) is 0 Å². The molecule has 0 aromatic carbocycles. The van der Waals surface area contributed by atoms with E-state index in [0.717, 1.165) is 135 Å². The van der Waals surface area contributed by atoms with Crippen molar-refractivity contribution in [1.29, 1.82) is 0 Å². The molecule has 0 aliphatic carbocycles. The maximum atomic E-state index is 12.9. The number of carbonyl (C=O) groups excluding carboxylic acids is 3. The molecule has 1 atom stereocenters. The Morgan fingerprint density at radius 3 is 0.847 bits per heavy atom. The first kappa shape index (κ1) is 67.8. The summed E-state index contributed by atoms with van der Waals surface area (Å²) in [5, 5.41) is 0. The second kappa shape index (κ2) is 59.4. The van der Waals surface area contributed by atoms with Crippen molar-refractivity contribution in [2.75, 3.05) is 13.2 Å². The molecule has 0 aromatic rings. The molecule has 72 heavy (non-hydrogen) atoms. The lowest BCUT2D eigenvalue weighted by Gasteiger charge is -2.18. The van der Waals surface area contributed by atoms with Crippen molar-refractivity contribution in [2.45, 2.75) is 264 Å². The molecule has 0 amide bonds. The maximum Gasteiger partial charge on any atom is 0.306 e. The van der Waals surface area contributed by atoms with Gasteiger partial charge in [-0.25, -0.2) is 0 Å². The van der Waals surface area contributed by atoms with Gasteiger partial charge in [-0.3, -0.25) is 14.4 Å². The lowest BCUT2D eigenvalue weighted by atomic mass is 10.0. The zero-order valence-corrected chi connectivity index (χ0v) is 46.7. The van der Waals surface area contributed by atoms with Gasteiger partial charge in [0.15, 0.2) is 6.10 Å². The van der Waals surface area contributed by atoms with Crippen molar-refractivity contribution in [3.63, 3.8) is 0 Å². The summed E-state index contributed by atoms with van der Waals surface area (Å²) in [6, 6.07) is 0. The Kier molecular flexibility index (Phi) is 55.9. The van der Waals surface area contributed by atoms with Gasteiger partial charge < -0.3 is 14.2 Å². The number of unbranched alkanes of at least 4 members (excludes halogenated alkanes) is 21. The summed E-state index contributed by atoms with van der Waals surface area (Å²) >= 11 is 0. The SMILES string of the molecule is CC/C=C\C/C=C\C/C=C\C/C=C\C/C=C\C/C=C\C/C=C\CCCCCC(=O)OCC(COC(=O)CCCCC/C=C\C/C=C\C/C=C\CC)OC(=O)CCCCCCCCCCCCCCCCCC. The lowest BCUT2D eigenvalue weighted by molar-refractivity contribution is -0.167. The molecule has 0 fully saturated rings. The number of esters is 3. The molecule has 6 heteroatoms. The van der Waals surface area contributed by atoms with Gasteiger partial charge in [0.05, 0.1) is 0 Å². The zero-order chi connectivity index (χ0) is 52.2. The molecule has 408 valence electrons. The van der Waals surface area contributed by atoms with Crippen LogP contribution in [0.15, 0.2) is 122 Å². The van der Waals surface area contributed by atoms with E-state index in [-0.39, 0.29) is 31.1 Å². The smallest absolute Gasteiger partial charge is 0.306 e. The Bertz CT molecular complexity index is 1520. The number of carbonyl (C=O) groups is 3. The van der Waals surface area contributed by atoms with Gasteiger partial charge in [0, 0.05) is 19.3 Å². The van der Waals surface area contributed by atoms with Gasteiger partial charge in [-0.1, -0.05) is 251 Å². The molecule has 0 bridgehead atoms. The van der Waals surface area contributed by atoms with Crippen molar-refractivity contribution in [3.8, 4) is 0 Å². The third kappa shape index (κ3) is 56.7. The number of allylic oxidation sites excluding steroid dienone is 20. The van der Waals surface area contributed by atoms with Gasteiger partial charge in [-0.2, -0.15) is 0 Å². The largest absolute Gasteiger partial charge is 0.462 e. The minimum absolute atomic E-state index is 0.105. The Morgan fingerprint density at radius 2 is 0.542 bits per heavy atom. The predicted octanol–water partition coefficient (Wildman–Crippen LogP) is 20.0. The molecule has 0 heterocycles. The van der Waals surface area contributed by atoms with E-state index in [0.29, 0.717) is 19.3 Å². The Labute approximate surface area is 443 Å². The second-order valence-corrected chi connectivity index (χ2v) is 19.1. The molecule has 0 N–H and O–H groups in total. The van der Waals surface area contributed by atoms with Crippen LogP contribution in [0.2, 0.25) is 0 Å². The van der Waals surface area contributed by atoms with Gasteiger partial charge >= 0.3 is 17.9 Å². The quantitative estimate of drug-likeness (QED) is 0.0261. The van der Waals surface area contributed by atoms with Gasteiger partial charge in [0.25, 0.3) is 0 Å². The third-order valence-electron chi connectivity index (χ3n) is 12.2. The molecule has 0 saturated heterocycles. The van der Waals surface area contributed by atoms with E-state index in [2.05, 4.69) is 142 Å². The molecular weight excluding hydrogens is 889 g/mol. The molecule has 0 spiro atoms. The molecule has 6 nitrogen and oxygen atoms in total. The lowest BCUT2D eigenvalue weighted by Crippen LogP contribution is -2.30. The van der Waals surface area contributed by atoms with Crippen LogP contribution in [0.5, 0.6) is 0 Å². The van der Waals surface area contributed by atoms with Crippen LogP contribution in [0.1, 0.15) is 258 Å². The maximum absolute atomic E-state index is 12.9. The van der Waals surface area contributed by atoms with E-state index in [1.165, 1.54) is 83.5 Å². The van der Waals surface area contributed by atoms with E-state index in [4.69, 9.17) is 14.2 Å². The molecule has 0 radical (unpaired) electrons. The topological polar surface area (TPSA) is 78.9 Å². The zero-order valence-electron chi connectivity index (χ0n) is 46.7. The van der Waals surface area contributed by atoms with Crippen molar-refractivity contribution < 1.29 is 28.6 Å². The van der Waals surface area contributed by atoms with E-state index in [9.17, 15) is 14.4 Å². The normalized spacial score (nSPS) is 13.0. The average Bonchev–Trinajstić information content (AvgIpc) is 3.38. The molecule has 1 unspecified atom stereocenters. The van der Waals surface area contributed by atoms with Crippen molar-refractivity contribution in [2.24, 2.45) is 0 Å². The fourth-order valence-electron chi connectivity index (χ4n) is 7.85. The van der Waals surface area contributed by atoms with Crippen LogP contribution >= 0.6 is 0 Å². The summed E-state index contributed by atoms with van der Waals surface area (Å²) in [6.07, 6.45) is 82.0. The Hall–Kier alpha value is -4.19. The minimum Gasteiger partial charge on any atom is -0.462 e. The summed E-state index contributed by atoms with van der Waals surface area (Å²) < 4.78 is 16.8. The van der Waals surface area contributed by atoms with Crippen LogP contribution in [-0.4, -0.2) is 37.2 Å². The number of ether oxygens (including phenoxy) is 3. The van der Waals surface area contributed by atoms with Crippen LogP contribution in [0.3, 0.4) is 0 Å². The number of rotatable bonds is 52. The van der Waals surface area contributed by atoms with E-state index in [1.54, 1.807) is 0 Å². The summed E-state index contributed by atoms with van der Waals surface area (Å²) in [6.45, 7) is 6.36. The van der Waals surface area contributed by atoms with Crippen molar-refractivity contribution >= 4 is 17.9 Å². The highest BCUT2D eigenvalue weighted by molar-refractivity contribution is 5.71. The molecule has 0 rings (SSSR count). The van der Waals surface area contributed by atoms with Crippen LogP contribution < -0.4 is 0 Å². The molecule has 0 aliphatic heterocycles. The fourth-order valence-corrected chi connectivity index (χ4v) is 7.85. The summed E-state index contributed by atoms with van der Waals surface area (Å²) in [4.78, 5) is 38.2. The average molecular weight is 998 g/mol. The van der Waals surface area contributed by atoms with Gasteiger partial charge in [0.2, 0.25) is 0 Å². The van der Waals surface area contributed by atoms with Gasteiger partial charge in [0.1, 0.15) is 13.2 Å². The van der Waals surface area contributed by atoms with Gasteiger partial charge in [-0.15, -0.1) is 0 Å². The first-order chi connectivity index (χ1) is 35.5. The highest BCUT2D eigenvalue weighted by Crippen LogP contribution is 2.15. The first-order valence-electron chi connectivity index (χ1n) is 29.5. The first-order valence-corrected chi connectivity index (χ1v) is 29.5. The van der Waals surface area contributed by atoms with Gasteiger partial charge in [-0.05, 0) is 109 Å². The molecule has 0 aliphatic rings.